The van der Waals surface area contributed by atoms with Crippen molar-refractivity contribution in [3.63, 3.8) is 0 Å². The van der Waals surface area contributed by atoms with Crippen LogP contribution in [0.3, 0.4) is 0 Å². The van der Waals surface area contributed by atoms with E-state index >= 15 is 0 Å². The number of aliphatic hydroxyl groups is 1. The number of hydrogen-bond acceptors (Lipinski definition) is 3. The Morgan fingerprint density at radius 3 is 2.39 bits per heavy atom. The van der Waals surface area contributed by atoms with Crippen LogP contribution < -0.4 is 0 Å². The van der Waals surface area contributed by atoms with Crippen LogP contribution in [-0.2, 0) is 9.53 Å². The molecule has 0 aliphatic heterocycles. The van der Waals surface area contributed by atoms with Gasteiger partial charge in [-0.15, -0.1) is 0 Å². The highest BCUT2D eigenvalue weighted by molar-refractivity contribution is 5.97. The Morgan fingerprint density at radius 1 is 1.17 bits per heavy atom. The van der Waals surface area contributed by atoms with Crippen LogP contribution in [0.5, 0.6) is 0 Å². The van der Waals surface area contributed by atoms with E-state index in [0.717, 1.165) is 6.42 Å². The Labute approximate surface area is 139 Å². The number of ether oxygens (including phenoxy) is 1. The molecule has 0 aromatic heterocycles. The Kier molecular flexibility index (Phi) is 6.00. The predicted molar refractivity (Wildman–Crippen MR) is 93.0 cm³/mol. The fourth-order valence-electron chi connectivity index (χ4n) is 3.76. The molecule has 1 unspecified atom stereocenters. The number of rotatable bonds is 6. The topological polar surface area (TPSA) is 46.5 Å². The second kappa shape index (κ2) is 7.78. The minimum Gasteiger partial charge on any atom is -0.512 e. The molecule has 1 N–H and O–H groups in total. The summed E-state index contributed by atoms with van der Waals surface area (Å²) >= 11 is 0. The quantitative estimate of drug-likeness (QED) is 0.775. The normalized spacial score (nSPS) is 18.6. The first-order valence-corrected chi connectivity index (χ1v) is 8.53. The molecular formula is C20H28O3. The van der Waals surface area contributed by atoms with E-state index in [1.807, 2.05) is 6.92 Å². The molecule has 0 spiro atoms. The summed E-state index contributed by atoms with van der Waals surface area (Å²) in [6.45, 7) is 9.56. The number of allylic oxidation sites excluding steroid dienone is 2. The van der Waals surface area contributed by atoms with Crippen molar-refractivity contribution >= 4 is 5.78 Å². The third kappa shape index (κ3) is 4.23. The first-order valence-electron chi connectivity index (χ1n) is 8.53. The minimum atomic E-state index is 0.0922. The number of carbonyl (C=O) groups is 1. The summed E-state index contributed by atoms with van der Waals surface area (Å²) in [5.74, 6) is 0.468. The number of aliphatic hydroxyl groups excluding tert-OH is 1. The summed E-state index contributed by atoms with van der Waals surface area (Å²) in [7, 11) is 0. The molecule has 0 radical (unpaired) electrons. The van der Waals surface area contributed by atoms with Crippen molar-refractivity contribution in [2.45, 2.75) is 59.3 Å². The molecule has 126 valence electrons. The molecular weight excluding hydrogens is 288 g/mol. The summed E-state index contributed by atoms with van der Waals surface area (Å²) in [6.07, 6.45) is 2.47. The van der Waals surface area contributed by atoms with Gasteiger partial charge in [0.25, 0.3) is 0 Å². The summed E-state index contributed by atoms with van der Waals surface area (Å²) in [4.78, 5) is 12.5. The third-order valence-corrected chi connectivity index (χ3v) is 4.62. The maximum atomic E-state index is 12.5. The smallest absolute Gasteiger partial charge is 0.162 e. The molecule has 2 rings (SSSR count). The average Bonchev–Trinajstić information content (AvgIpc) is 2.44. The van der Waals surface area contributed by atoms with Crippen molar-refractivity contribution in [1.29, 1.82) is 0 Å². The molecule has 3 nitrogen and oxygen atoms in total. The highest BCUT2D eigenvalue weighted by Crippen LogP contribution is 2.38. The molecule has 1 aliphatic rings. The molecule has 0 fully saturated rings. The van der Waals surface area contributed by atoms with Gasteiger partial charge in [-0.1, -0.05) is 17.7 Å². The summed E-state index contributed by atoms with van der Waals surface area (Å²) in [5.41, 5.74) is 5.51. The van der Waals surface area contributed by atoms with Crippen LogP contribution in [-0.4, -0.2) is 24.1 Å². The Balaban J connectivity index is 2.15. The highest BCUT2D eigenvalue weighted by Gasteiger charge is 2.29. The molecule has 0 amide bonds. The zero-order valence-corrected chi connectivity index (χ0v) is 14.7. The maximum absolute atomic E-state index is 12.5. The van der Waals surface area contributed by atoms with E-state index in [9.17, 15) is 9.90 Å². The van der Waals surface area contributed by atoms with E-state index in [1.54, 1.807) is 0 Å². The largest absolute Gasteiger partial charge is 0.512 e. The van der Waals surface area contributed by atoms with Crippen LogP contribution in [0.4, 0.5) is 0 Å². The molecule has 0 saturated heterocycles. The standard InChI is InChI=1S/C20H28O3/c1-5-23-8-6-7-17-18(21)11-16(12-19(17)22)20-14(3)9-13(2)10-15(20)4/h9-10,16,21H,5-8,11-12H2,1-4H3. The molecule has 23 heavy (non-hydrogen) atoms. The number of ketones is 1. The van der Waals surface area contributed by atoms with E-state index in [1.165, 1.54) is 22.3 Å². The monoisotopic (exact) mass is 316 g/mol. The Bertz CT molecular complexity index is 590. The van der Waals surface area contributed by atoms with Gasteiger partial charge >= 0.3 is 0 Å². The summed E-state index contributed by atoms with van der Waals surface area (Å²) in [6, 6.07) is 4.32. The number of benzene rings is 1. The fourth-order valence-corrected chi connectivity index (χ4v) is 3.76. The lowest BCUT2D eigenvalue weighted by Gasteiger charge is -2.27. The van der Waals surface area contributed by atoms with E-state index in [-0.39, 0.29) is 17.5 Å². The molecule has 0 bridgehead atoms. The Hall–Kier alpha value is -1.61. The van der Waals surface area contributed by atoms with E-state index in [4.69, 9.17) is 4.74 Å². The molecule has 1 aromatic carbocycles. The van der Waals surface area contributed by atoms with Gasteiger partial charge in [-0.3, -0.25) is 4.79 Å². The molecule has 1 aliphatic carbocycles. The lowest BCUT2D eigenvalue weighted by Crippen LogP contribution is -2.20. The molecule has 0 saturated carbocycles. The van der Waals surface area contributed by atoms with Crippen molar-refractivity contribution in [1.82, 2.24) is 0 Å². The molecule has 0 heterocycles. The average molecular weight is 316 g/mol. The molecule has 3 heteroatoms. The van der Waals surface area contributed by atoms with E-state index in [0.29, 0.717) is 38.0 Å². The van der Waals surface area contributed by atoms with Crippen molar-refractivity contribution < 1.29 is 14.6 Å². The van der Waals surface area contributed by atoms with E-state index < -0.39 is 0 Å². The van der Waals surface area contributed by atoms with Gasteiger partial charge in [0.15, 0.2) is 5.78 Å². The number of carbonyl (C=O) groups excluding carboxylic acids is 1. The van der Waals surface area contributed by atoms with Crippen molar-refractivity contribution in [3.8, 4) is 0 Å². The predicted octanol–water partition coefficient (Wildman–Crippen LogP) is 4.69. The van der Waals surface area contributed by atoms with Gasteiger partial charge in [0, 0.05) is 31.6 Å². The second-order valence-corrected chi connectivity index (χ2v) is 6.57. The zero-order chi connectivity index (χ0) is 17.0. The Morgan fingerprint density at radius 2 is 1.83 bits per heavy atom. The molecule has 1 atom stereocenters. The van der Waals surface area contributed by atoms with Gasteiger partial charge in [0.1, 0.15) is 0 Å². The van der Waals surface area contributed by atoms with Crippen molar-refractivity contribution in [3.05, 3.63) is 45.7 Å². The van der Waals surface area contributed by atoms with Crippen LogP contribution in [0.15, 0.2) is 23.5 Å². The van der Waals surface area contributed by atoms with Gasteiger partial charge < -0.3 is 9.84 Å². The lowest BCUT2D eigenvalue weighted by atomic mass is 9.78. The first kappa shape index (κ1) is 17.7. The van der Waals surface area contributed by atoms with Crippen LogP contribution in [0, 0.1) is 20.8 Å². The third-order valence-electron chi connectivity index (χ3n) is 4.62. The highest BCUT2D eigenvalue weighted by atomic mass is 16.5. The summed E-state index contributed by atoms with van der Waals surface area (Å²) < 4.78 is 5.31. The maximum Gasteiger partial charge on any atom is 0.162 e. The minimum absolute atomic E-state index is 0.0922. The van der Waals surface area contributed by atoms with Gasteiger partial charge in [0.05, 0.1) is 5.76 Å². The lowest BCUT2D eigenvalue weighted by molar-refractivity contribution is -0.116. The van der Waals surface area contributed by atoms with Gasteiger partial charge in [-0.2, -0.15) is 0 Å². The van der Waals surface area contributed by atoms with Crippen LogP contribution in [0.2, 0.25) is 0 Å². The fraction of sp³-hybridized carbons (Fsp3) is 0.550. The second-order valence-electron chi connectivity index (χ2n) is 6.57. The first-order chi connectivity index (χ1) is 10.9. The van der Waals surface area contributed by atoms with Crippen molar-refractivity contribution in [2.24, 2.45) is 0 Å². The van der Waals surface area contributed by atoms with Crippen molar-refractivity contribution in [2.75, 3.05) is 13.2 Å². The zero-order valence-electron chi connectivity index (χ0n) is 14.7. The summed E-state index contributed by atoms with van der Waals surface area (Å²) in [5, 5.41) is 10.4. The van der Waals surface area contributed by atoms with Crippen LogP contribution in [0.1, 0.15) is 60.8 Å². The number of hydrogen-bond donors (Lipinski definition) is 1. The molecule has 1 aromatic rings. The van der Waals surface area contributed by atoms with Crippen LogP contribution >= 0.6 is 0 Å². The number of Topliss-reactive ketones (excluding diaryl/α,β-unsaturated/α-hetero) is 1. The van der Waals surface area contributed by atoms with Crippen LogP contribution in [0.25, 0.3) is 0 Å². The van der Waals surface area contributed by atoms with Gasteiger partial charge in [-0.05, 0) is 63.1 Å². The van der Waals surface area contributed by atoms with E-state index in [2.05, 4.69) is 32.9 Å². The SMILES string of the molecule is CCOCCCC1=C(O)CC(c2c(C)cc(C)cc2C)CC1=O. The number of aryl methyl sites for hydroxylation is 3. The van der Waals surface area contributed by atoms with Gasteiger partial charge in [0.2, 0.25) is 0 Å². The van der Waals surface area contributed by atoms with Gasteiger partial charge in [-0.25, -0.2) is 0 Å².